The second-order valence-electron chi connectivity index (χ2n) is 6.33. The molecule has 18 heavy (non-hydrogen) atoms. The maximum absolute atomic E-state index is 5.39. The van der Waals surface area contributed by atoms with Gasteiger partial charge in [0.05, 0.1) is 6.26 Å². The van der Waals surface area contributed by atoms with Gasteiger partial charge in [-0.1, -0.05) is 34.1 Å². The van der Waals surface area contributed by atoms with Gasteiger partial charge >= 0.3 is 0 Å². The van der Waals surface area contributed by atoms with Crippen LogP contribution in [-0.4, -0.2) is 12.6 Å². The third-order valence-electron chi connectivity index (χ3n) is 3.29. The van der Waals surface area contributed by atoms with Crippen LogP contribution in [0.4, 0.5) is 0 Å². The Morgan fingerprint density at radius 2 is 2.06 bits per heavy atom. The van der Waals surface area contributed by atoms with Crippen molar-refractivity contribution in [3.8, 4) is 0 Å². The van der Waals surface area contributed by atoms with Crippen molar-refractivity contribution in [2.45, 2.75) is 65.8 Å². The van der Waals surface area contributed by atoms with E-state index in [1.807, 2.05) is 6.07 Å². The largest absolute Gasteiger partial charge is 0.469 e. The Labute approximate surface area is 112 Å². The average Bonchev–Trinajstić information content (AvgIpc) is 2.77. The smallest absolute Gasteiger partial charge is 0.103 e. The van der Waals surface area contributed by atoms with Crippen LogP contribution in [0.5, 0.6) is 0 Å². The lowest BCUT2D eigenvalue weighted by atomic mass is 9.88. The molecule has 1 N–H and O–H groups in total. The van der Waals surface area contributed by atoms with Crippen LogP contribution >= 0.6 is 0 Å². The molecule has 0 aromatic carbocycles. The first-order chi connectivity index (χ1) is 8.51. The van der Waals surface area contributed by atoms with Crippen LogP contribution in [0.1, 0.15) is 59.1 Å². The van der Waals surface area contributed by atoms with Crippen molar-refractivity contribution in [3.63, 3.8) is 0 Å². The van der Waals surface area contributed by atoms with E-state index in [2.05, 4.69) is 39.1 Å². The van der Waals surface area contributed by atoms with Crippen molar-refractivity contribution in [1.82, 2.24) is 5.32 Å². The molecule has 0 saturated heterocycles. The Balaban J connectivity index is 2.26. The lowest BCUT2D eigenvalue weighted by molar-refractivity contribution is 0.336. The maximum Gasteiger partial charge on any atom is 0.103 e. The zero-order valence-electron chi connectivity index (χ0n) is 12.5. The lowest BCUT2D eigenvalue weighted by Crippen LogP contribution is -2.29. The summed E-state index contributed by atoms with van der Waals surface area (Å²) in [6.07, 6.45) is 7.85. The number of nitrogens with one attached hydrogen (secondary N) is 1. The summed E-state index contributed by atoms with van der Waals surface area (Å²) in [4.78, 5) is 0. The standard InChI is InChI=1S/C16H29NO/c1-5-17-14(8-6-12-16(2,3)4)10-11-15-9-7-13-18-15/h7,9,13-14,17H,5-6,8,10-12H2,1-4H3. The number of furan rings is 1. The summed E-state index contributed by atoms with van der Waals surface area (Å²) in [5.74, 6) is 1.11. The zero-order chi connectivity index (χ0) is 13.4. The number of aryl methyl sites for hydroxylation is 1. The third-order valence-corrected chi connectivity index (χ3v) is 3.29. The average molecular weight is 251 g/mol. The Bertz CT molecular complexity index is 297. The topological polar surface area (TPSA) is 25.2 Å². The molecule has 0 aliphatic heterocycles. The summed E-state index contributed by atoms with van der Waals surface area (Å²) in [6, 6.07) is 4.66. The summed E-state index contributed by atoms with van der Waals surface area (Å²) >= 11 is 0. The van der Waals surface area contributed by atoms with Gasteiger partial charge in [0.1, 0.15) is 5.76 Å². The fourth-order valence-electron chi connectivity index (χ4n) is 2.29. The molecule has 0 bridgehead atoms. The van der Waals surface area contributed by atoms with E-state index in [1.165, 1.54) is 25.7 Å². The van der Waals surface area contributed by atoms with Crippen molar-refractivity contribution in [1.29, 1.82) is 0 Å². The van der Waals surface area contributed by atoms with Crippen LogP contribution in [0.15, 0.2) is 22.8 Å². The quantitative estimate of drug-likeness (QED) is 0.740. The minimum atomic E-state index is 0.456. The zero-order valence-corrected chi connectivity index (χ0v) is 12.5. The second kappa shape index (κ2) is 7.63. The minimum absolute atomic E-state index is 0.456. The van der Waals surface area contributed by atoms with Gasteiger partial charge in [-0.2, -0.15) is 0 Å². The molecule has 1 unspecified atom stereocenters. The molecule has 0 spiro atoms. The maximum atomic E-state index is 5.39. The highest BCUT2D eigenvalue weighted by molar-refractivity contribution is 4.98. The van der Waals surface area contributed by atoms with E-state index in [-0.39, 0.29) is 0 Å². The molecule has 0 radical (unpaired) electrons. The van der Waals surface area contributed by atoms with Gasteiger partial charge in [0.2, 0.25) is 0 Å². The predicted molar refractivity (Wildman–Crippen MR) is 77.8 cm³/mol. The minimum Gasteiger partial charge on any atom is -0.469 e. The van der Waals surface area contributed by atoms with Crippen LogP contribution in [0.3, 0.4) is 0 Å². The van der Waals surface area contributed by atoms with E-state index in [9.17, 15) is 0 Å². The molecular formula is C16H29NO. The summed E-state index contributed by atoms with van der Waals surface area (Å²) in [5, 5.41) is 3.59. The normalized spacial score (nSPS) is 13.8. The van der Waals surface area contributed by atoms with Crippen molar-refractivity contribution < 1.29 is 4.42 Å². The van der Waals surface area contributed by atoms with Crippen molar-refractivity contribution in [2.75, 3.05) is 6.54 Å². The van der Waals surface area contributed by atoms with Gasteiger partial charge in [-0.05, 0) is 43.4 Å². The van der Waals surface area contributed by atoms with Gasteiger partial charge < -0.3 is 9.73 Å². The second-order valence-corrected chi connectivity index (χ2v) is 6.33. The van der Waals surface area contributed by atoms with Crippen LogP contribution < -0.4 is 5.32 Å². The molecule has 1 aromatic heterocycles. The molecule has 0 fully saturated rings. The molecule has 0 saturated carbocycles. The highest BCUT2D eigenvalue weighted by Crippen LogP contribution is 2.22. The molecule has 0 aliphatic carbocycles. The van der Waals surface area contributed by atoms with Gasteiger partial charge in [0.25, 0.3) is 0 Å². The van der Waals surface area contributed by atoms with Crippen LogP contribution in [-0.2, 0) is 6.42 Å². The molecule has 1 aromatic rings. The monoisotopic (exact) mass is 251 g/mol. The molecular weight excluding hydrogens is 222 g/mol. The van der Waals surface area contributed by atoms with Crippen molar-refractivity contribution >= 4 is 0 Å². The molecule has 104 valence electrons. The third kappa shape index (κ3) is 6.85. The Kier molecular flexibility index (Phi) is 6.48. The summed E-state index contributed by atoms with van der Waals surface area (Å²) in [7, 11) is 0. The predicted octanol–water partition coefficient (Wildman–Crippen LogP) is 4.41. The highest BCUT2D eigenvalue weighted by Gasteiger charge is 2.13. The van der Waals surface area contributed by atoms with Crippen LogP contribution in [0, 0.1) is 5.41 Å². The first kappa shape index (κ1) is 15.3. The Hall–Kier alpha value is -0.760. The number of rotatable bonds is 8. The molecule has 1 atom stereocenters. The fraction of sp³-hybridized carbons (Fsp3) is 0.750. The SMILES string of the molecule is CCNC(CCCC(C)(C)C)CCc1ccco1. The summed E-state index contributed by atoms with van der Waals surface area (Å²) in [5.41, 5.74) is 0.456. The highest BCUT2D eigenvalue weighted by atomic mass is 16.3. The van der Waals surface area contributed by atoms with Gasteiger partial charge in [0.15, 0.2) is 0 Å². The Morgan fingerprint density at radius 1 is 1.28 bits per heavy atom. The summed E-state index contributed by atoms with van der Waals surface area (Å²) < 4.78 is 5.39. The van der Waals surface area contributed by atoms with E-state index in [0.29, 0.717) is 11.5 Å². The molecule has 2 heteroatoms. The van der Waals surface area contributed by atoms with E-state index in [0.717, 1.165) is 18.7 Å². The van der Waals surface area contributed by atoms with Crippen LogP contribution in [0.2, 0.25) is 0 Å². The van der Waals surface area contributed by atoms with Gasteiger partial charge in [-0.3, -0.25) is 0 Å². The molecule has 0 aliphatic rings. The van der Waals surface area contributed by atoms with Gasteiger partial charge in [-0.25, -0.2) is 0 Å². The Morgan fingerprint density at radius 3 is 2.61 bits per heavy atom. The number of hydrogen-bond acceptors (Lipinski definition) is 2. The molecule has 1 heterocycles. The van der Waals surface area contributed by atoms with Gasteiger partial charge in [0, 0.05) is 12.5 Å². The molecule has 1 rings (SSSR count). The molecule has 0 amide bonds. The van der Waals surface area contributed by atoms with E-state index in [4.69, 9.17) is 4.42 Å². The van der Waals surface area contributed by atoms with Crippen molar-refractivity contribution in [3.05, 3.63) is 24.2 Å². The van der Waals surface area contributed by atoms with Crippen molar-refractivity contribution in [2.24, 2.45) is 5.41 Å². The molecule has 2 nitrogen and oxygen atoms in total. The van der Waals surface area contributed by atoms with Crippen LogP contribution in [0.25, 0.3) is 0 Å². The summed E-state index contributed by atoms with van der Waals surface area (Å²) in [6.45, 7) is 10.2. The van der Waals surface area contributed by atoms with E-state index < -0.39 is 0 Å². The van der Waals surface area contributed by atoms with E-state index >= 15 is 0 Å². The first-order valence-electron chi connectivity index (χ1n) is 7.27. The van der Waals surface area contributed by atoms with Gasteiger partial charge in [-0.15, -0.1) is 0 Å². The number of hydrogen-bond donors (Lipinski definition) is 1. The van der Waals surface area contributed by atoms with E-state index in [1.54, 1.807) is 6.26 Å². The fourth-order valence-corrected chi connectivity index (χ4v) is 2.29. The first-order valence-corrected chi connectivity index (χ1v) is 7.27. The lowest BCUT2D eigenvalue weighted by Gasteiger charge is -2.21.